The topological polar surface area (TPSA) is 55.1 Å². The zero-order valence-corrected chi connectivity index (χ0v) is 9.25. The van der Waals surface area contributed by atoms with Crippen molar-refractivity contribution in [2.75, 3.05) is 6.54 Å². The highest BCUT2D eigenvalue weighted by Gasteiger charge is 2.20. The van der Waals surface area contributed by atoms with Crippen LogP contribution in [0.2, 0.25) is 0 Å². The maximum absolute atomic E-state index is 11.4. The maximum atomic E-state index is 11.4. The summed E-state index contributed by atoms with van der Waals surface area (Å²) in [6.45, 7) is 4.72. The quantitative estimate of drug-likeness (QED) is 0.632. The van der Waals surface area contributed by atoms with E-state index >= 15 is 0 Å². The first-order valence-corrected chi connectivity index (χ1v) is 5.64. The van der Waals surface area contributed by atoms with Gasteiger partial charge in [0.15, 0.2) is 0 Å². The van der Waals surface area contributed by atoms with Gasteiger partial charge in [0, 0.05) is 6.54 Å². The second kappa shape index (κ2) is 5.35. The number of nitrogens with one attached hydrogen (secondary N) is 1. The van der Waals surface area contributed by atoms with Gasteiger partial charge < -0.3 is 11.1 Å². The molecule has 0 aromatic carbocycles. The van der Waals surface area contributed by atoms with Gasteiger partial charge in [0.25, 0.3) is 0 Å². The normalized spacial score (nSPS) is 18.3. The minimum Gasteiger partial charge on any atom is -0.355 e. The van der Waals surface area contributed by atoms with Crippen molar-refractivity contribution in [1.29, 1.82) is 0 Å². The smallest absolute Gasteiger partial charge is 0.237 e. The summed E-state index contributed by atoms with van der Waals surface area (Å²) in [6.07, 6.45) is 5.14. The highest BCUT2D eigenvalue weighted by atomic mass is 16.2. The zero-order valence-electron chi connectivity index (χ0n) is 9.25. The molecule has 3 N–H and O–H groups in total. The molecule has 3 heteroatoms. The summed E-state index contributed by atoms with van der Waals surface area (Å²) in [5.74, 6) is 1.17. The van der Waals surface area contributed by atoms with Gasteiger partial charge in [-0.2, -0.15) is 0 Å². The van der Waals surface area contributed by atoms with Gasteiger partial charge in [0.2, 0.25) is 5.91 Å². The van der Waals surface area contributed by atoms with Crippen LogP contribution >= 0.6 is 0 Å². The molecule has 1 aliphatic carbocycles. The van der Waals surface area contributed by atoms with Crippen molar-refractivity contribution in [3.05, 3.63) is 0 Å². The van der Waals surface area contributed by atoms with E-state index in [1.165, 1.54) is 19.3 Å². The van der Waals surface area contributed by atoms with Crippen LogP contribution in [-0.4, -0.2) is 18.5 Å². The monoisotopic (exact) mass is 198 g/mol. The van der Waals surface area contributed by atoms with Crippen molar-refractivity contribution < 1.29 is 4.79 Å². The molecule has 0 aromatic heterocycles. The standard InChI is InChI=1S/C11H22N2O/c1-8(2)10(12)11(14)13-7-3-4-9-5-6-9/h8-10H,3-7,12H2,1-2H3,(H,13,14). The molecule has 1 rings (SSSR count). The fraction of sp³-hybridized carbons (Fsp3) is 0.909. The van der Waals surface area contributed by atoms with E-state index in [0.717, 1.165) is 18.9 Å². The van der Waals surface area contributed by atoms with Crippen LogP contribution in [0.4, 0.5) is 0 Å². The van der Waals surface area contributed by atoms with Gasteiger partial charge in [0.05, 0.1) is 6.04 Å². The Morgan fingerprint density at radius 3 is 2.64 bits per heavy atom. The van der Waals surface area contributed by atoms with E-state index in [4.69, 9.17) is 5.73 Å². The Bertz CT molecular complexity index is 188. The van der Waals surface area contributed by atoms with Gasteiger partial charge in [0.1, 0.15) is 0 Å². The molecule has 0 saturated heterocycles. The summed E-state index contributed by atoms with van der Waals surface area (Å²) in [5.41, 5.74) is 5.70. The molecule has 0 spiro atoms. The first-order chi connectivity index (χ1) is 6.61. The highest BCUT2D eigenvalue weighted by Crippen LogP contribution is 2.33. The van der Waals surface area contributed by atoms with Gasteiger partial charge >= 0.3 is 0 Å². The van der Waals surface area contributed by atoms with Crippen LogP contribution in [0.1, 0.15) is 39.5 Å². The Hall–Kier alpha value is -0.570. The first kappa shape index (κ1) is 11.5. The molecule has 1 aliphatic rings. The molecule has 82 valence electrons. The molecular weight excluding hydrogens is 176 g/mol. The summed E-state index contributed by atoms with van der Waals surface area (Å²) in [6, 6.07) is -0.351. The predicted octanol–water partition coefficient (Wildman–Crippen LogP) is 1.28. The zero-order chi connectivity index (χ0) is 10.6. The van der Waals surface area contributed by atoms with Gasteiger partial charge in [-0.15, -0.1) is 0 Å². The lowest BCUT2D eigenvalue weighted by molar-refractivity contribution is -0.123. The molecule has 1 amide bonds. The fourth-order valence-corrected chi connectivity index (χ4v) is 1.43. The molecule has 1 atom stereocenters. The van der Waals surface area contributed by atoms with Crippen molar-refractivity contribution >= 4 is 5.91 Å². The van der Waals surface area contributed by atoms with Crippen LogP contribution in [0.25, 0.3) is 0 Å². The summed E-state index contributed by atoms with van der Waals surface area (Å²) in [4.78, 5) is 11.4. The number of nitrogens with two attached hydrogens (primary N) is 1. The third kappa shape index (κ3) is 4.09. The Labute approximate surface area is 86.4 Å². The molecule has 0 aromatic rings. The molecule has 0 aliphatic heterocycles. The lowest BCUT2D eigenvalue weighted by Crippen LogP contribution is -2.44. The average Bonchev–Trinajstić information content (AvgIpc) is 2.94. The van der Waals surface area contributed by atoms with Crippen molar-refractivity contribution in [3.63, 3.8) is 0 Å². The maximum Gasteiger partial charge on any atom is 0.237 e. The number of carbonyl (C=O) groups excluding carboxylic acids is 1. The summed E-state index contributed by atoms with van der Waals surface area (Å²) < 4.78 is 0. The van der Waals surface area contributed by atoms with E-state index < -0.39 is 0 Å². The van der Waals surface area contributed by atoms with Crippen LogP contribution < -0.4 is 11.1 Å². The fourth-order valence-electron chi connectivity index (χ4n) is 1.43. The van der Waals surface area contributed by atoms with E-state index in [9.17, 15) is 4.79 Å². The van der Waals surface area contributed by atoms with Gasteiger partial charge in [-0.25, -0.2) is 0 Å². The predicted molar refractivity (Wildman–Crippen MR) is 57.8 cm³/mol. The lowest BCUT2D eigenvalue weighted by atomic mass is 10.1. The van der Waals surface area contributed by atoms with E-state index in [0.29, 0.717) is 0 Å². The molecule has 1 fully saturated rings. The van der Waals surface area contributed by atoms with Crippen molar-refractivity contribution in [2.45, 2.75) is 45.6 Å². The lowest BCUT2D eigenvalue weighted by Gasteiger charge is -2.15. The summed E-state index contributed by atoms with van der Waals surface area (Å²) >= 11 is 0. The minimum absolute atomic E-state index is 0.00389. The Kier molecular flexibility index (Phi) is 4.39. The molecular formula is C11H22N2O. The van der Waals surface area contributed by atoms with Crippen molar-refractivity contribution in [3.8, 4) is 0 Å². The number of amides is 1. The van der Waals surface area contributed by atoms with E-state index in [1.807, 2.05) is 13.8 Å². The summed E-state index contributed by atoms with van der Waals surface area (Å²) in [7, 11) is 0. The van der Waals surface area contributed by atoms with E-state index in [-0.39, 0.29) is 17.9 Å². The Balaban J connectivity index is 2.01. The molecule has 1 saturated carbocycles. The Morgan fingerprint density at radius 2 is 2.14 bits per heavy atom. The molecule has 3 nitrogen and oxygen atoms in total. The molecule has 1 unspecified atom stereocenters. The van der Waals surface area contributed by atoms with Crippen molar-refractivity contribution in [2.24, 2.45) is 17.6 Å². The summed E-state index contributed by atoms with van der Waals surface area (Å²) in [5, 5.41) is 2.88. The molecule has 0 radical (unpaired) electrons. The molecule has 0 bridgehead atoms. The number of carbonyl (C=O) groups is 1. The van der Waals surface area contributed by atoms with Gasteiger partial charge in [-0.1, -0.05) is 26.7 Å². The largest absolute Gasteiger partial charge is 0.355 e. The first-order valence-electron chi connectivity index (χ1n) is 5.64. The molecule has 0 heterocycles. The van der Waals surface area contributed by atoms with Crippen LogP contribution in [0.5, 0.6) is 0 Å². The van der Waals surface area contributed by atoms with Crippen LogP contribution in [0.3, 0.4) is 0 Å². The van der Waals surface area contributed by atoms with Gasteiger partial charge in [-0.3, -0.25) is 4.79 Å². The van der Waals surface area contributed by atoms with E-state index in [2.05, 4.69) is 5.32 Å². The second-order valence-corrected chi connectivity index (χ2v) is 4.65. The van der Waals surface area contributed by atoms with Crippen LogP contribution in [0.15, 0.2) is 0 Å². The van der Waals surface area contributed by atoms with Crippen molar-refractivity contribution in [1.82, 2.24) is 5.32 Å². The SMILES string of the molecule is CC(C)C(N)C(=O)NCCCC1CC1. The Morgan fingerprint density at radius 1 is 1.50 bits per heavy atom. The second-order valence-electron chi connectivity index (χ2n) is 4.65. The number of hydrogen-bond acceptors (Lipinski definition) is 2. The number of hydrogen-bond donors (Lipinski definition) is 2. The third-order valence-corrected chi connectivity index (χ3v) is 2.81. The highest BCUT2D eigenvalue weighted by molar-refractivity contribution is 5.81. The van der Waals surface area contributed by atoms with Gasteiger partial charge in [-0.05, 0) is 24.7 Å². The van der Waals surface area contributed by atoms with E-state index in [1.54, 1.807) is 0 Å². The minimum atomic E-state index is -0.351. The third-order valence-electron chi connectivity index (χ3n) is 2.81. The van der Waals surface area contributed by atoms with Crippen LogP contribution in [-0.2, 0) is 4.79 Å². The number of rotatable bonds is 6. The average molecular weight is 198 g/mol. The van der Waals surface area contributed by atoms with Crippen LogP contribution in [0, 0.1) is 11.8 Å². The molecule has 14 heavy (non-hydrogen) atoms.